The normalized spacial score (nSPS) is 15.0. The molecule has 28 heavy (non-hydrogen) atoms. The van der Waals surface area contributed by atoms with Gasteiger partial charge in [-0.1, -0.05) is 48.7 Å². The Kier molecular flexibility index (Phi) is 6.66. The van der Waals surface area contributed by atoms with Gasteiger partial charge in [-0.3, -0.25) is 15.0 Å². The standard InChI is InChI=1S/C20H15BrN2O3S2/c1-2-11-26-14-9-7-13(8-10-14)12-17-19(25)23(20(27)28-17)22-18(24)15-5-3-4-6-16(15)21/h2-10,12H,1,11H2,(H,22,24)/b17-12+. The summed E-state index contributed by atoms with van der Waals surface area (Å²) in [5.41, 5.74) is 3.80. The van der Waals surface area contributed by atoms with Gasteiger partial charge in [0.1, 0.15) is 12.4 Å². The van der Waals surface area contributed by atoms with Gasteiger partial charge in [0.25, 0.3) is 11.8 Å². The maximum Gasteiger partial charge on any atom is 0.285 e. The zero-order valence-corrected chi connectivity index (χ0v) is 17.8. The molecule has 1 aliphatic rings. The van der Waals surface area contributed by atoms with Gasteiger partial charge in [0.15, 0.2) is 4.32 Å². The minimum absolute atomic E-state index is 0.266. The van der Waals surface area contributed by atoms with E-state index in [1.54, 1.807) is 36.4 Å². The number of halogens is 1. The predicted octanol–water partition coefficient (Wildman–Crippen LogP) is 4.56. The van der Waals surface area contributed by atoms with E-state index in [0.29, 0.717) is 27.3 Å². The van der Waals surface area contributed by atoms with Gasteiger partial charge in [0.05, 0.1) is 10.5 Å². The molecule has 0 aromatic heterocycles. The predicted molar refractivity (Wildman–Crippen MR) is 119 cm³/mol. The molecule has 3 rings (SSSR count). The third kappa shape index (κ3) is 4.70. The van der Waals surface area contributed by atoms with Gasteiger partial charge in [-0.2, -0.15) is 5.01 Å². The molecule has 0 aliphatic carbocycles. The number of carbonyl (C=O) groups excluding carboxylic acids is 2. The average molecular weight is 475 g/mol. The van der Waals surface area contributed by atoms with E-state index >= 15 is 0 Å². The number of amides is 2. The molecule has 0 radical (unpaired) electrons. The van der Waals surface area contributed by atoms with Crippen LogP contribution in [0.25, 0.3) is 6.08 Å². The molecule has 1 fully saturated rings. The first-order chi connectivity index (χ1) is 13.5. The van der Waals surface area contributed by atoms with Gasteiger partial charge in [0, 0.05) is 4.47 Å². The molecule has 1 heterocycles. The van der Waals surface area contributed by atoms with E-state index < -0.39 is 5.91 Å². The van der Waals surface area contributed by atoms with Crippen molar-refractivity contribution in [3.8, 4) is 5.75 Å². The summed E-state index contributed by atoms with van der Waals surface area (Å²) in [6.45, 7) is 4.03. The van der Waals surface area contributed by atoms with Crippen LogP contribution in [-0.2, 0) is 4.79 Å². The highest BCUT2D eigenvalue weighted by molar-refractivity contribution is 9.10. The summed E-state index contributed by atoms with van der Waals surface area (Å²) >= 11 is 9.71. The molecule has 0 unspecified atom stereocenters. The average Bonchev–Trinajstić information content (AvgIpc) is 2.95. The topological polar surface area (TPSA) is 58.6 Å². The Morgan fingerprint density at radius 3 is 2.64 bits per heavy atom. The van der Waals surface area contributed by atoms with Crippen LogP contribution in [0.1, 0.15) is 15.9 Å². The van der Waals surface area contributed by atoms with Crippen LogP contribution in [0.5, 0.6) is 5.75 Å². The first-order valence-electron chi connectivity index (χ1n) is 8.17. The third-order valence-electron chi connectivity index (χ3n) is 3.67. The second kappa shape index (κ2) is 9.18. The van der Waals surface area contributed by atoms with E-state index in [2.05, 4.69) is 27.9 Å². The lowest BCUT2D eigenvalue weighted by Gasteiger charge is -2.16. The van der Waals surface area contributed by atoms with Crippen molar-refractivity contribution in [1.29, 1.82) is 0 Å². The summed E-state index contributed by atoms with van der Waals surface area (Å²) < 4.78 is 6.34. The fourth-order valence-electron chi connectivity index (χ4n) is 2.34. The number of thioether (sulfide) groups is 1. The van der Waals surface area contributed by atoms with Gasteiger partial charge >= 0.3 is 0 Å². The number of hydrogen-bond acceptors (Lipinski definition) is 5. The lowest BCUT2D eigenvalue weighted by Crippen LogP contribution is -2.44. The number of ether oxygens (including phenoxy) is 1. The third-order valence-corrected chi connectivity index (χ3v) is 5.66. The number of carbonyl (C=O) groups is 2. The van der Waals surface area contributed by atoms with Crippen LogP contribution in [0.4, 0.5) is 0 Å². The van der Waals surface area contributed by atoms with Crippen LogP contribution in [0.3, 0.4) is 0 Å². The van der Waals surface area contributed by atoms with E-state index in [1.807, 2.05) is 24.3 Å². The quantitative estimate of drug-likeness (QED) is 0.377. The molecule has 1 saturated heterocycles. The Hall–Kier alpha value is -2.42. The number of thiocarbonyl (C=S) groups is 1. The highest BCUT2D eigenvalue weighted by Crippen LogP contribution is 2.32. The van der Waals surface area contributed by atoms with Crippen LogP contribution in [0.2, 0.25) is 0 Å². The summed E-state index contributed by atoms with van der Waals surface area (Å²) in [6.07, 6.45) is 3.39. The summed E-state index contributed by atoms with van der Waals surface area (Å²) in [5.74, 6) is -0.0820. The van der Waals surface area contributed by atoms with Crippen molar-refractivity contribution in [2.24, 2.45) is 0 Å². The van der Waals surface area contributed by atoms with Crippen molar-refractivity contribution in [3.63, 3.8) is 0 Å². The molecule has 2 amide bonds. The zero-order chi connectivity index (χ0) is 20.1. The zero-order valence-electron chi connectivity index (χ0n) is 14.6. The van der Waals surface area contributed by atoms with E-state index in [-0.39, 0.29) is 10.2 Å². The number of nitrogens with one attached hydrogen (secondary N) is 1. The fraction of sp³-hybridized carbons (Fsp3) is 0.0500. The Morgan fingerprint density at radius 1 is 1.25 bits per heavy atom. The van der Waals surface area contributed by atoms with E-state index in [9.17, 15) is 9.59 Å². The summed E-state index contributed by atoms with van der Waals surface area (Å²) in [4.78, 5) is 25.6. The number of rotatable bonds is 6. The van der Waals surface area contributed by atoms with Gasteiger partial charge in [0.2, 0.25) is 0 Å². The second-order valence-electron chi connectivity index (χ2n) is 5.61. The molecule has 8 heteroatoms. The maximum absolute atomic E-state index is 12.7. The molecular formula is C20H15BrN2O3S2. The van der Waals surface area contributed by atoms with Crippen molar-refractivity contribution < 1.29 is 14.3 Å². The van der Waals surface area contributed by atoms with Crippen molar-refractivity contribution in [1.82, 2.24) is 10.4 Å². The maximum atomic E-state index is 12.7. The Bertz CT molecular complexity index is 974. The van der Waals surface area contributed by atoms with Crippen LogP contribution >= 0.6 is 39.9 Å². The lowest BCUT2D eigenvalue weighted by atomic mass is 10.2. The Morgan fingerprint density at radius 2 is 1.96 bits per heavy atom. The molecule has 0 spiro atoms. The smallest absolute Gasteiger partial charge is 0.285 e. The van der Waals surface area contributed by atoms with Crippen molar-refractivity contribution in [2.45, 2.75) is 0 Å². The highest BCUT2D eigenvalue weighted by Gasteiger charge is 2.34. The lowest BCUT2D eigenvalue weighted by molar-refractivity contribution is -0.123. The number of nitrogens with zero attached hydrogens (tertiary/aromatic N) is 1. The molecule has 0 atom stereocenters. The Labute approximate surface area is 180 Å². The van der Waals surface area contributed by atoms with Crippen LogP contribution < -0.4 is 10.2 Å². The van der Waals surface area contributed by atoms with Crippen molar-refractivity contribution in [2.75, 3.05) is 6.61 Å². The van der Waals surface area contributed by atoms with Gasteiger partial charge in [-0.15, -0.1) is 0 Å². The highest BCUT2D eigenvalue weighted by atomic mass is 79.9. The molecule has 2 aromatic rings. The molecule has 5 nitrogen and oxygen atoms in total. The second-order valence-corrected chi connectivity index (χ2v) is 8.14. The van der Waals surface area contributed by atoms with Gasteiger partial charge < -0.3 is 4.74 Å². The minimum atomic E-state index is -0.422. The van der Waals surface area contributed by atoms with E-state index in [0.717, 1.165) is 22.3 Å². The molecule has 1 aliphatic heterocycles. The molecule has 0 saturated carbocycles. The van der Waals surface area contributed by atoms with E-state index in [4.69, 9.17) is 17.0 Å². The Balaban J connectivity index is 1.72. The number of hydrogen-bond donors (Lipinski definition) is 1. The van der Waals surface area contributed by atoms with Crippen molar-refractivity contribution in [3.05, 3.63) is 81.7 Å². The molecule has 2 aromatic carbocycles. The summed E-state index contributed by atoms with van der Waals surface area (Å²) in [5, 5.41) is 1.09. The van der Waals surface area contributed by atoms with E-state index in [1.165, 1.54) is 0 Å². The molecule has 1 N–H and O–H groups in total. The van der Waals surface area contributed by atoms with Gasteiger partial charge in [-0.25, -0.2) is 0 Å². The minimum Gasteiger partial charge on any atom is -0.490 e. The fourth-order valence-corrected chi connectivity index (χ4v) is 3.98. The monoisotopic (exact) mass is 474 g/mol. The SMILES string of the molecule is C=CCOc1ccc(/C=C2/SC(=S)N(NC(=O)c3ccccc3Br)C2=O)cc1. The largest absolute Gasteiger partial charge is 0.490 e. The van der Waals surface area contributed by atoms with Crippen LogP contribution in [0.15, 0.2) is 70.6 Å². The van der Waals surface area contributed by atoms with Crippen LogP contribution in [0, 0.1) is 0 Å². The van der Waals surface area contributed by atoms with Crippen LogP contribution in [-0.4, -0.2) is 27.8 Å². The van der Waals surface area contributed by atoms with Crippen molar-refractivity contribution >= 4 is 62.1 Å². The molecule has 0 bridgehead atoms. The molecular weight excluding hydrogens is 460 g/mol. The first kappa shape index (κ1) is 20.3. The number of hydrazine groups is 1. The summed E-state index contributed by atoms with van der Waals surface area (Å²) in [7, 11) is 0. The molecule has 142 valence electrons. The number of benzene rings is 2. The first-order valence-corrected chi connectivity index (χ1v) is 10.2. The van der Waals surface area contributed by atoms with Gasteiger partial charge in [-0.05, 0) is 64.1 Å². The summed E-state index contributed by atoms with van der Waals surface area (Å²) in [6, 6.07) is 14.2.